The predicted octanol–water partition coefficient (Wildman–Crippen LogP) is 2.36. The van der Waals surface area contributed by atoms with Crippen molar-refractivity contribution < 1.29 is 32.7 Å². The summed E-state index contributed by atoms with van der Waals surface area (Å²) in [7, 11) is 0. The number of nitrogens with two attached hydrogens (primary N) is 1. The minimum absolute atomic E-state index is 0.0185. The van der Waals surface area contributed by atoms with E-state index >= 15 is 0 Å². The summed E-state index contributed by atoms with van der Waals surface area (Å²) >= 11 is 0. The largest absolute Gasteiger partial charge is 0.490 e. The molecule has 2 heterocycles. The number of rotatable bonds is 6. The summed E-state index contributed by atoms with van der Waals surface area (Å²) in [5.41, 5.74) is 8.32. The number of amides is 2. The van der Waals surface area contributed by atoms with Gasteiger partial charge in [0.25, 0.3) is 0 Å². The Labute approximate surface area is 217 Å². The van der Waals surface area contributed by atoms with Crippen LogP contribution in [0.4, 0.5) is 13.2 Å². The maximum Gasteiger partial charge on any atom is 0.490 e. The average Bonchev–Trinajstić information content (AvgIpc) is 2.87. The maximum absolute atomic E-state index is 13.1. The molecule has 0 unspecified atom stereocenters. The SMILES string of the molecule is N=C(N)c1ccc(CNC(=O)[C@@H]2CCN2C(=O)[C@H]2C[C@@H](c3ccccc3)CCN2)cc1.O=C(O)C(F)(F)F. The van der Waals surface area contributed by atoms with Crippen molar-refractivity contribution in [3.8, 4) is 0 Å². The van der Waals surface area contributed by atoms with E-state index in [-0.39, 0.29) is 23.7 Å². The first kappa shape index (κ1) is 28.6. The molecule has 0 spiro atoms. The third-order valence-corrected chi connectivity index (χ3v) is 6.55. The summed E-state index contributed by atoms with van der Waals surface area (Å²) in [4.78, 5) is 36.4. The number of likely N-dealkylation sites (tertiary alicyclic amines) is 1. The number of nitrogens with zero attached hydrogens (tertiary/aromatic N) is 1. The lowest BCUT2D eigenvalue weighted by Gasteiger charge is -2.43. The van der Waals surface area contributed by atoms with E-state index in [1.54, 1.807) is 17.0 Å². The standard InChI is InChI=1S/C24H29N5O2.C2HF3O2/c25-22(26)18-8-6-16(7-9-18)15-28-23(30)21-11-13-29(21)24(31)20-14-19(10-12-27-20)17-4-2-1-3-5-17;3-2(4,5)1(6)7/h1-9,19-21,27H,10-15H2,(H3,25,26)(H,28,30);(H,6,7)/t19-,20+,21-;/m0./s1. The molecule has 2 aromatic rings. The Morgan fingerprint density at radius 1 is 1.08 bits per heavy atom. The Balaban J connectivity index is 0.000000505. The monoisotopic (exact) mass is 533 g/mol. The Morgan fingerprint density at radius 3 is 2.24 bits per heavy atom. The van der Waals surface area contributed by atoms with Crippen LogP contribution in [-0.2, 0) is 20.9 Å². The summed E-state index contributed by atoms with van der Waals surface area (Å²) in [6, 6.07) is 16.9. The van der Waals surface area contributed by atoms with Crippen molar-refractivity contribution in [1.82, 2.24) is 15.5 Å². The number of hydrogen-bond acceptors (Lipinski definition) is 5. The van der Waals surface area contributed by atoms with E-state index in [4.69, 9.17) is 21.0 Å². The van der Waals surface area contributed by atoms with Crippen LogP contribution in [0.1, 0.15) is 41.9 Å². The highest BCUT2D eigenvalue weighted by molar-refractivity contribution is 5.95. The van der Waals surface area contributed by atoms with Crippen molar-refractivity contribution in [2.24, 2.45) is 5.73 Å². The van der Waals surface area contributed by atoms with Crippen LogP contribution in [0.15, 0.2) is 54.6 Å². The minimum Gasteiger partial charge on any atom is -0.475 e. The van der Waals surface area contributed by atoms with Gasteiger partial charge in [-0.25, -0.2) is 4.79 Å². The molecule has 4 rings (SSSR count). The lowest BCUT2D eigenvalue weighted by Crippen LogP contribution is -2.62. The van der Waals surface area contributed by atoms with Crippen LogP contribution in [0.5, 0.6) is 0 Å². The number of carboxylic acid groups (broad SMARTS) is 1. The molecule has 0 saturated carbocycles. The second kappa shape index (κ2) is 12.5. The van der Waals surface area contributed by atoms with E-state index in [0.29, 0.717) is 31.0 Å². The van der Waals surface area contributed by atoms with Crippen LogP contribution in [0.2, 0.25) is 0 Å². The van der Waals surface area contributed by atoms with Crippen LogP contribution in [0, 0.1) is 5.41 Å². The summed E-state index contributed by atoms with van der Waals surface area (Å²) in [5.74, 6) is -2.47. The van der Waals surface area contributed by atoms with Crippen LogP contribution < -0.4 is 16.4 Å². The van der Waals surface area contributed by atoms with Gasteiger partial charge in [0, 0.05) is 18.7 Å². The molecular weight excluding hydrogens is 503 g/mol. The molecule has 0 aliphatic carbocycles. The number of nitrogen functional groups attached to an aromatic ring is 1. The number of halogens is 3. The average molecular weight is 534 g/mol. The maximum atomic E-state index is 13.1. The van der Waals surface area contributed by atoms with E-state index in [1.807, 2.05) is 30.3 Å². The molecule has 2 aliphatic rings. The molecule has 2 saturated heterocycles. The van der Waals surface area contributed by atoms with E-state index in [9.17, 15) is 22.8 Å². The molecular formula is C26H30F3N5O4. The highest BCUT2D eigenvalue weighted by Gasteiger charge is 2.41. The fourth-order valence-corrected chi connectivity index (χ4v) is 4.37. The second-order valence-electron chi connectivity index (χ2n) is 9.11. The Morgan fingerprint density at radius 2 is 1.71 bits per heavy atom. The molecule has 0 aromatic heterocycles. The van der Waals surface area contributed by atoms with Crippen LogP contribution in [0.25, 0.3) is 0 Å². The normalized spacial score (nSPS) is 20.8. The number of amidine groups is 1. The highest BCUT2D eigenvalue weighted by Crippen LogP contribution is 2.30. The number of benzene rings is 2. The molecule has 0 radical (unpaired) electrons. The van der Waals surface area contributed by atoms with E-state index in [2.05, 4.69) is 22.8 Å². The zero-order chi connectivity index (χ0) is 27.9. The zero-order valence-corrected chi connectivity index (χ0v) is 20.5. The first-order chi connectivity index (χ1) is 18.0. The number of nitrogens with one attached hydrogen (secondary N) is 3. The fraction of sp³-hybridized carbons (Fsp3) is 0.385. The van der Waals surface area contributed by atoms with Crippen molar-refractivity contribution in [3.63, 3.8) is 0 Å². The van der Waals surface area contributed by atoms with Crippen LogP contribution in [-0.4, -0.2) is 65.0 Å². The van der Waals surface area contributed by atoms with Gasteiger partial charge in [0.1, 0.15) is 11.9 Å². The summed E-state index contributed by atoms with van der Waals surface area (Å²) < 4.78 is 31.7. The van der Waals surface area contributed by atoms with Gasteiger partial charge in [0.2, 0.25) is 11.8 Å². The Bertz CT molecular complexity index is 1140. The molecule has 204 valence electrons. The number of carbonyl (C=O) groups excluding carboxylic acids is 2. The van der Waals surface area contributed by atoms with Crippen LogP contribution in [0.3, 0.4) is 0 Å². The fourth-order valence-electron chi connectivity index (χ4n) is 4.37. The molecule has 2 aliphatic heterocycles. The highest BCUT2D eigenvalue weighted by atomic mass is 19.4. The van der Waals surface area contributed by atoms with Gasteiger partial charge >= 0.3 is 12.1 Å². The number of piperidine rings is 1. The molecule has 6 N–H and O–H groups in total. The van der Waals surface area contributed by atoms with E-state index in [1.165, 1.54) is 5.56 Å². The van der Waals surface area contributed by atoms with Crippen molar-refractivity contribution in [2.75, 3.05) is 13.1 Å². The molecule has 0 bridgehead atoms. The van der Waals surface area contributed by atoms with Crippen molar-refractivity contribution in [1.29, 1.82) is 5.41 Å². The first-order valence-electron chi connectivity index (χ1n) is 12.1. The third kappa shape index (κ3) is 7.54. The molecule has 2 amide bonds. The van der Waals surface area contributed by atoms with Gasteiger partial charge in [0.05, 0.1) is 6.04 Å². The first-order valence-corrected chi connectivity index (χ1v) is 12.1. The molecule has 2 aromatic carbocycles. The van der Waals surface area contributed by atoms with Crippen molar-refractivity contribution in [3.05, 3.63) is 71.3 Å². The quantitative estimate of drug-likeness (QED) is 0.284. The minimum atomic E-state index is -5.08. The topological polar surface area (TPSA) is 149 Å². The van der Waals surface area contributed by atoms with Crippen molar-refractivity contribution >= 4 is 23.6 Å². The molecule has 38 heavy (non-hydrogen) atoms. The Kier molecular flexibility index (Phi) is 9.45. The zero-order valence-electron chi connectivity index (χ0n) is 20.5. The lowest BCUT2D eigenvalue weighted by atomic mass is 9.85. The van der Waals surface area contributed by atoms with E-state index in [0.717, 1.165) is 24.9 Å². The van der Waals surface area contributed by atoms with Gasteiger partial charge in [-0.05, 0) is 42.9 Å². The third-order valence-electron chi connectivity index (χ3n) is 6.55. The number of carboxylic acids is 1. The molecule has 12 heteroatoms. The molecule has 2 fully saturated rings. The summed E-state index contributed by atoms with van der Waals surface area (Å²) in [5, 5.41) is 20.8. The number of hydrogen-bond donors (Lipinski definition) is 5. The van der Waals surface area contributed by atoms with Gasteiger partial charge < -0.3 is 26.4 Å². The predicted molar refractivity (Wildman–Crippen MR) is 133 cm³/mol. The Hall–Kier alpha value is -3.93. The number of aliphatic carboxylic acids is 1. The summed E-state index contributed by atoms with van der Waals surface area (Å²) in [6.07, 6.45) is -2.62. The second-order valence-corrected chi connectivity index (χ2v) is 9.11. The number of carbonyl (C=O) groups is 3. The smallest absolute Gasteiger partial charge is 0.475 e. The van der Waals surface area contributed by atoms with Crippen LogP contribution >= 0.6 is 0 Å². The summed E-state index contributed by atoms with van der Waals surface area (Å²) in [6.45, 7) is 1.81. The van der Waals surface area contributed by atoms with E-state index < -0.39 is 18.2 Å². The van der Waals surface area contributed by atoms with Gasteiger partial charge in [-0.1, -0.05) is 54.6 Å². The number of alkyl halides is 3. The van der Waals surface area contributed by atoms with Gasteiger partial charge in [0.15, 0.2) is 0 Å². The van der Waals surface area contributed by atoms with Crippen molar-refractivity contribution in [2.45, 2.75) is 50.0 Å². The van der Waals surface area contributed by atoms with Gasteiger partial charge in [-0.3, -0.25) is 15.0 Å². The van der Waals surface area contributed by atoms with Gasteiger partial charge in [-0.2, -0.15) is 13.2 Å². The lowest BCUT2D eigenvalue weighted by molar-refractivity contribution is -0.192. The molecule has 3 atom stereocenters. The molecule has 9 nitrogen and oxygen atoms in total. The van der Waals surface area contributed by atoms with Gasteiger partial charge in [-0.15, -0.1) is 0 Å².